The summed E-state index contributed by atoms with van der Waals surface area (Å²) in [6, 6.07) is 2.02. The number of morpholine rings is 1. The Labute approximate surface area is 48.2 Å². The number of nitrogens with zero attached hydrogens (tertiary/aromatic N) is 1. The molecule has 0 bridgehead atoms. The van der Waals surface area contributed by atoms with Gasteiger partial charge < -0.3 is 10.1 Å². The molecule has 0 radical (unpaired) electrons. The molecule has 0 aliphatic carbocycles. The fourth-order valence-electron chi connectivity index (χ4n) is 0.648. The van der Waals surface area contributed by atoms with Gasteiger partial charge in [0.15, 0.2) is 6.10 Å². The van der Waals surface area contributed by atoms with Crippen LogP contribution in [0.1, 0.15) is 0 Å². The van der Waals surface area contributed by atoms with Gasteiger partial charge in [-0.1, -0.05) is 0 Å². The zero-order valence-electron chi connectivity index (χ0n) is 4.55. The number of ether oxygens (including phenoxy) is 1. The van der Waals surface area contributed by atoms with E-state index in [0.717, 1.165) is 6.54 Å². The molecule has 1 unspecified atom stereocenters. The lowest BCUT2D eigenvalue weighted by molar-refractivity contribution is 0.0638. The van der Waals surface area contributed by atoms with E-state index in [1.807, 2.05) is 6.07 Å². The minimum Gasteiger partial charge on any atom is -0.361 e. The molecule has 1 saturated heterocycles. The molecule has 1 aliphatic heterocycles. The highest BCUT2D eigenvalue weighted by atomic mass is 16.5. The Kier molecular flexibility index (Phi) is 1.84. The molecule has 0 saturated carbocycles. The van der Waals surface area contributed by atoms with Gasteiger partial charge >= 0.3 is 0 Å². The van der Waals surface area contributed by atoms with Crippen LogP contribution < -0.4 is 5.32 Å². The monoisotopic (exact) mass is 112 g/mol. The molecule has 0 spiro atoms. The van der Waals surface area contributed by atoms with Gasteiger partial charge in [-0.2, -0.15) is 5.26 Å². The fourth-order valence-corrected chi connectivity index (χ4v) is 0.648. The molecular weight excluding hydrogens is 104 g/mol. The molecule has 0 amide bonds. The van der Waals surface area contributed by atoms with Crippen molar-refractivity contribution in [3.05, 3.63) is 0 Å². The van der Waals surface area contributed by atoms with Crippen molar-refractivity contribution in [2.75, 3.05) is 19.7 Å². The van der Waals surface area contributed by atoms with E-state index in [1.165, 1.54) is 0 Å². The van der Waals surface area contributed by atoms with Crippen molar-refractivity contribution in [2.24, 2.45) is 0 Å². The zero-order chi connectivity index (χ0) is 5.82. The number of nitriles is 1. The molecule has 44 valence electrons. The second kappa shape index (κ2) is 2.65. The largest absolute Gasteiger partial charge is 0.361 e. The Morgan fingerprint density at radius 1 is 1.75 bits per heavy atom. The van der Waals surface area contributed by atoms with Gasteiger partial charge in [-0.25, -0.2) is 0 Å². The maximum atomic E-state index is 8.28. The minimum absolute atomic E-state index is 0.219. The van der Waals surface area contributed by atoms with E-state index in [9.17, 15) is 0 Å². The third-order valence-corrected chi connectivity index (χ3v) is 1.07. The van der Waals surface area contributed by atoms with Crippen molar-refractivity contribution in [1.82, 2.24) is 5.32 Å². The third-order valence-electron chi connectivity index (χ3n) is 1.07. The standard InChI is InChI=1S/C5H8N2O/c6-3-5-4-7-1-2-8-5/h5,7H,1-2,4H2. The molecule has 3 nitrogen and oxygen atoms in total. The molecule has 3 heteroatoms. The smallest absolute Gasteiger partial charge is 0.156 e. The van der Waals surface area contributed by atoms with Crippen LogP contribution >= 0.6 is 0 Å². The van der Waals surface area contributed by atoms with Crippen molar-refractivity contribution in [3.8, 4) is 6.07 Å². The average Bonchev–Trinajstić information content (AvgIpc) is 1.90. The van der Waals surface area contributed by atoms with E-state index >= 15 is 0 Å². The van der Waals surface area contributed by atoms with Crippen LogP contribution in [0.15, 0.2) is 0 Å². The van der Waals surface area contributed by atoms with E-state index in [4.69, 9.17) is 10.00 Å². The molecule has 1 N–H and O–H groups in total. The van der Waals surface area contributed by atoms with Crippen molar-refractivity contribution >= 4 is 0 Å². The highest BCUT2D eigenvalue weighted by molar-refractivity contribution is 4.87. The number of hydrogen-bond acceptors (Lipinski definition) is 3. The van der Waals surface area contributed by atoms with Crippen molar-refractivity contribution in [3.63, 3.8) is 0 Å². The van der Waals surface area contributed by atoms with Crippen LogP contribution in [0, 0.1) is 11.3 Å². The van der Waals surface area contributed by atoms with Gasteiger partial charge in [0.05, 0.1) is 12.7 Å². The van der Waals surface area contributed by atoms with Gasteiger partial charge in [-0.3, -0.25) is 0 Å². The predicted molar refractivity (Wildman–Crippen MR) is 28.2 cm³/mol. The molecule has 1 fully saturated rings. The first kappa shape index (κ1) is 5.54. The average molecular weight is 112 g/mol. The van der Waals surface area contributed by atoms with E-state index < -0.39 is 0 Å². The summed E-state index contributed by atoms with van der Waals surface area (Å²) >= 11 is 0. The third kappa shape index (κ3) is 1.19. The Bertz CT molecular complexity index is 101. The van der Waals surface area contributed by atoms with Crippen molar-refractivity contribution < 1.29 is 4.74 Å². The van der Waals surface area contributed by atoms with Gasteiger partial charge in [0.1, 0.15) is 0 Å². The minimum atomic E-state index is -0.219. The molecule has 1 rings (SSSR count). The fraction of sp³-hybridized carbons (Fsp3) is 0.800. The number of hydrogen-bond donors (Lipinski definition) is 1. The Balaban J connectivity index is 2.25. The molecular formula is C5H8N2O. The molecule has 8 heavy (non-hydrogen) atoms. The second-order valence-corrected chi connectivity index (χ2v) is 1.69. The first-order valence-electron chi connectivity index (χ1n) is 2.65. The lowest BCUT2D eigenvalue weighted by Gasteiger charge is -2.16. The molecule has 0 aromatic rings. The number of nitrogens with one attached hydrogen (secondary N) is 1. The van der Waals surface area contributed by atoms with Crippen LogP contribution in [0.5, 0.6) is 0 Å². The summed E-state index contributed by atoms with van der Waals surface area (Å²) in [7, 11) is 0. The molecule has 1 heterocycles. The van der Waals surface area contributed by atoms with Gasteiger partial charge in [-0.15, -0.1) is 0 Å². The summed E-state index contributed by atoms with van der Waals surface area (Å²) in [4.78, 5) is 0. The maximum Gasteiger partial charge on any atom is 0.156 e. The lowest BCUT2D eigenvalue weighted by atomic mass is 10.3. The van der Waals surface area contributed by atoms with E-state index in [-0.39, 0.29) is 6.10 Å². The van der Waals surface area contributed by atoms with Gasteiger partial charge in [-0.05, 0) is 0 Å². The summed E-state index contributed by atoms with van der Waals surface area (Å²) in [6.07, 6.45) is -0.219. The second-order valence-electron chi connectivity index (χ2n) is 1.69. The Hall–Kier alpha value is -0.590. The van der Waals surface area contributed by atoms with Crippen LogP contribution in [0.4, 0.5) is 0 Å². The SMILES string of the molecule is N#CC1CNCCO1. The Morgan fingerprint density at radius 3 is 3.00 bits per heavy atom. The van der Waals surface area contributed by atoms with Crippen molar-refractivity contribution in [2.45, 2.75) is 6.10 Å². The summed E-state index contributed by atoms with van der Waals surface area (Å²) < 4.78 is 5.00. The Morgan fingerprint density at radius 2 is 2.62 bits per heavy atom. The maximum absolute atomic E-state index is 8.28. The van der Waals surface area contributed by atoms with E-state index in [0.29, 0.717) is 13.2 Å². The lowest BCUT2D eigenvalue weighted by Crippen LogP contribution is -2.37. The normalized spacial score (nSPS) is 29.1. The van der Waals surface area contributed by atoms with Crippen LogP contribution in [0.3, 0.4) is 0 Å². The molecule has 1 aliphatic rings. The molecule has 1 atom stereocenters. The summed E-state index contributed by atoms with van der Waals surface area (Å²) in [5, 5.41) is 11.3. The van der Waals surface area contributed by atoms with Crippen LogP contribution in [0.2, 0.25) is 0 Å². The summed E-state index contributed by atoms with van der Waals surface area (Å²) in [6.45, 7) is 2.22. The quantitative estimate of drug-likeness (QED) is 0.459. The van der Waals surface area contributed by atoms with Crippen LogP contribution in [-0.2, 0) is 4.74 Å². The highest BCUT2D eigenvalue weighted by Gasteiger charge is 2.09. The van der Waals surface area contributed by atoms with Gasteiger partial charge in [0.25, 0.3) is 0 Å². The van der Waals surface area contributed by atoms with E-state index in [2.05, 4.69) is 5.32 Å². The number of rotatable bonds is 0. The highest BCUT2D eigenvalue weighted by Crippen LogP contribution is 1.91. The molecule has 0 aromatic heterocycles. The van der Waals surface area contributed by atoms with E-state index in [1.54, 1.807) is 0 Å². The van der Waals surface area contributed by atoms with Crippen molar-refractivity contribution in [1.29, 1.82) is 5.26 Å². The zero-order valence-corrected chi connectivity index (χ0v) is 4.55. The summed E-state index contributed by atoms with van der Waals surface area (Å²) in [5.41, 5.74) is 0. The van der Waals surface area contributed by atoms with Gasteiger partial charge in [0, 0.05) is 13.1 Å². The van der Waals surface area contributed by atoms with Crippen LogP contribution in [-0.4, -0.2) is 25.8 Å². The predicted octanol–water partition coefficient (Wildman–Crippen LogP) is -0.502. The first-order valence-corrected chi connectivity index (χ1v) is 2.65. The van der Waals surface area contributed by atoms with Gasteiger partial charge in [0.2, 0.25) is 0 Å². The van der Waals surface area contributed by atoms with Crippen LogP contribution in [0.25, 0.3) is 0 Å². The summed E-state index contributed by atoms with van der Waals surface area (Å²) in [5.74, 6) is 0. The topological polar surface area (TPSA) is 45.0 Å². The molecule has 0 aromatic carbocycles. The first-order chi connectivity index (χ1) is 3.93.